The van der Waals surface area contributed by atoms with Crippen molar-refractivity contribution in [3.05, 3.63) is 261 Å². The maximum absolute atomic E-state index is 14.2. The van der Waals surface area contributed by atoms with Gasteiger partial charge < -0.3 is 48.1 Å². The molecule has 0 saturated heterocycles. The van der Waals surface area contributed by atoms with Gasteiger partial charge in [-0.15, -0.1) is 5.10 Å². The number of aryl methyl sites for hydroxylation is 4. The van der Waals surface area contributed by atoms with Crippen molar-refractivity contribution in [1.29, 1.82) is 0 Å². The van der Waals surface area contributed by atoms with E-state index in [1.807, 2.05) is 186 Å². The molecule has 4 aliphatic rings. The molecule has 0 spiro atoms. The zero-order chi connectivity index (χ0) is 103. The number of carbonyl (C=O) groups is 4. The van der Waals surface area contributed by atoms with E-state index in [4.69, 9.17) is 52.8 Å². The number of aliphatic carboxylic acids is 2. The maximum Gasteiger partial charge on any atom is 0.416 e. The number of halogens is 6. The molecule has 1 unspecified atom stereocenters. The van der Waals surface area contributed by atoms with Crippen LogP contribution in [0.15, 0.2) is 183 Å². The number of carboxylic acid groups (broad SMARTS) is 2. The summed E-state index contributed by atoms with van der Waals surface area (Å²) in [6.45, 7) is 33.9. The third-order valence-electron chi connectivity index (χ3n) is 26.4. The Hall–Kier alpha value is -14.6. The van der Waals surface area contributed by atoms with Gasteiger partial charge in [0.25, 0.3) is 5.92 Å². The van der Waals surface area contributed by atoms with Crippen molar-refractivity contribution < 1.29 is 93.6 Å². The van der Waals surface area contributed by atoms with Crippen molar-refractivity contribution in [2.45, 2.75) is 230 Å². The Labute approximate surface area is 839 Å². The quantitative estimate of drug-likeness (QED) is 0.0711. The highest BCUT2D eigenvalue weighted by Crippen LogP contribution is 2.53. The molecule has 754 valence electrons. The molecule has 0 aliphatic carbocycles. The molecule has 5 atom stereocenters. The van der Waals surface area contributed by atoms with Gasteiger partial charge in [-0.1, -0.05) is 30.8 Å². The van der Waals surface area contributed by atoms with Gasteiger partial charge in [-0.3, -0.25) is 34.5 Å². The Balaban J connectivity index is 0.000000133. The molecule has 0 fully saturated rings. The number of alkyl halides is 6. The first-order valence-corrected chi connectivity index (χ1v) is 48.1. The lowest BCUT2D eigenvalue weighted by Crippen LogP contribution is -2.44. The molecule has 30 heteroatoms. The summed E-state index contributed by atoms with van der Waals surface area (Å²) in [7, 11) is 0. The normalized spacial score (nSPS) is 14.6. The van der Waals surface area contributed by atoms with Crippen molar-refractivity contribution >= 4 is 116 Å². The summed E-state index contributed by atoms with van der Waals surface area (Å²) < 4.78 is 133. The topological polar surface area (TPSA) is 303 Å². The highest BCUT2D eigenvalue weighted by atomic mass is 19.4. The molecule has 21 rings (SSSR count). The average Bonchev–Trinajstić information content (AvgIpc) is 1.05. The van der Waals surface area contributed by atoms with Crippen molar-refractivity contribution in [3.63, 3.8) is 0 Å². The standard InChI is InChI=1S/C30H30F2N2O3.C30H31FN2O3.C28H26N4O4.C27H23F3N2O4.CH4/c1-16-15-21-19(8-10-23(34-21)30(6,31)32)26(24(16)28(17(2)35)37-29(3,4)5)20-7-9-22-25-18(12-14-36-22)11-13-33-27(20)25;1-16-15-23-20(7-9-22(33-23)17(2)31)27(25(16)29(18(3)34)36-30(4,5)6)21-8-10-24-26-19(12-14-35-24)11-13-32-28(21)26;1-15-13-20-18(6-5-17-14-30-31-32(17)20)24(22(15)26(27(33)34)36-28(2,3)4)19-7-8-21-23-16(10-12-35-21)9-11-29-25(19)23;1-14-13-18-16(5-4-10-31-18)22(20(14)24(25(33)34)36-26(2,3)27(28,29)30)17-6-7-19-21-15(9-12-35-19)8-11-32-23(17)21;/h7-11,13,15,28H,12,14H2,1-6H3;7-11,13,15,17,29H,12,14H2,1-6H3;5-9,11,13-14,26H,10,12H2,1-4H3,(H,33,34);4-8,10-11,13,24H,9,12H2,1-3H3,(H,33,34);1H4/t28-;17?,29-;26-;24-;/m1100./s1. The van der Waals surface area contributed by atoms with E-state index in [1.54, 1.807) is 91.7 Å². The van der Waals surface area contributed by atoms with Crippen LogP contribution >= 0.6 is 0 Å². The van der Waals surface area contributed by atoms with E-state index in [9.17, 15) is 55.7 Å². The highest BCUT2D eigenvalue weighted by molar-refractivity contribution is 6.13. The summed E-state index contributed by atoms with van der Waals surface area (Å²) in [6, 6.07) is 44.5. The van der Waals surface area contributed by atoms with Crippen LogP contribution in [0.5, 0.6) is 23.0 Å². The molecule has 0 saturated carbocycles. The van der Waals surface area contributed by atoms with Crippen molar-refractivity contribution in [2.24, 2.45) is 0 Å². The lowest BCUT2D eigenvalue weighted by atomic mass is 9.85. The van der Waals surface area contributed by atoms with Crippen LogP contribution in [0.25, 0.3) is 137 Å². The van der Waals surface area contributed by atoms with Gasteiger partial charge in [0.05, 0.1) is 105 Å². The number of rotatable bonds is 19. The zero-order valence-corrected chi connectivity index (χ0v) is 83.9. The molecule has 13 heterocycles. The predicted molar refractivity (Wildman–Crippen MR) is 552 cm³/mol. The molecule has 2 N–H and O–H groups in total. The number of carboxylic acids is 2. The SMILES string of the molecule is C.CC(=O)[C@@H](OC(C)(C)C)c1c(C)cc2nc(C(C)(F)F)ccc2c1-c1ccc2c3c(ccnc13)CCO2.CC(=O)[C@@H](OC(C)(C)C)c1c(C)cc2nc(C(C)F)ccc2c1-c1ccc2c3c(ccnc13)CCO2.Cc1cc2c(ccc3cnnn32)c(-c2ccc3c4c(ccnc24)CCO3)c1[C@H](OC(C)(C)C)C(=O)O.Cc1cc2ncccc2c(-c2ccc3c4c(ccnc24)CCO3)c1[C@H](OC(C)(C)C(F)(F)F)C(=O)O. The first-order valence-electron chi connectivity index (χ1n) is 48.1. The van der Waals surface area contributed by atoms with Crippen LogP contribution in [0.2, 0.25) is 0 Å². The first-order chi connectivity index (χ1) is 68.6. The number of ketones is 2. The minimum absolute atomic E-state index is 0. The Morgan fingerprint density at radius 1 is 0.404 bits per heavy atom. The van der Waals surface area contributed by atoms with Crippen LogP contribution in [-0.2, 0) is 69.7 Å². The number of ether oxygens (including phenoxy) is 8. The van der Waals surface area contributed by atoms with E-state index in [0.717, 1.165) is 178 Å². The number of aromatic nitrogens is 10. The highest BCUT2D eigenvalue weighted by Gasteiger charge is 2.52. The summed E-state index contributed by atoms with van der Waals surface area (Å²) in [5.74, 6) is -2.89. The molecule has 24 nitrogen and oxygen atoms in total. The zero-order valence-electron chi connectivity index (χ0n) is 83.9. The van der Waals surface area contributed by atoms with Gasteiger partial charge in [0.2, 0.25) is 0 Å². The number of benzene rings is 8. The third kappa shape index (κ3) is 19.8. The second-order valence-corrected chi connectivity index (χ2v) is 40.8. The molecule has 0 radical (unpaired) electrons. The van der Waals surface area contributed by atoms with Crippen molar-refractivity contribution in [2.75, 3.05) is 26.4 Å². The summed E-state index contributed by atoms with van der Waals surface area (Å²) in [4.78, 5) is 83.4. The van der Waals surface area contributed by atoms with E-state index in [-0.39, 0.29) is 30.3 Å². The summed E-state index contributed by atoms with van der Waals surface area (Å²) in [5.41, 5.74) is 17.0. The van der Waals surface area contributed by atoms with Gasteiger partial charge in [0.1, 0.15) is 47.1 Å². The van der Waals surface area contributed by atoms with Crippen LogP contribution in [-0.4, -0.2) is 138 Å². The second-order valence-electron chi connectivity index (χ2n) is 40.8. The molecular formula is C116H114F6N10O14. The summed E-state index contributed by atoms with van der Waals surface area (Å²) in [6.07, 6.45) is 2.71. The Morgan fingerprint density at radius 3 is 1.13 bits per heavy atom. The maximum atomic E-state index is 14.2. The number of Topliss-reactive ketones (excluding diaryl/α,β-unsaturated/α-hetero) is 2. The number of hydrogen-bond acceptors (Lipinski definition) is 21. The van der Waals surface area contributed by atoms with Gasteiger partial charge in [-0.2, -0.15) is 22.0 Å². The summed E-state index contributed by atoms with van der Waals surface area (Å²) >= 11 is 0. The fourth-order valence-corrected chi connectivity index (χ4v) is 20.1. The van der Waals surface area contributed by atoms with Crippen LogP contribution < -0.4 is 18.9 Å². The van der Waals surface area contributed by atoms with Gasteiger partial charge >= 0.3 is 18.1 Å². The van der Waals surface area contributed by atoms with Crippen LogP contribution in [0.4, 0.5) is 26.3 Å². The molecule has 146 heavy (non-hydrogen) atoms. The Bertz CT molecular complexity index is 8100. The van der Waals surface area contributed by atoms with Crippen LogP contribution in [0.1, 0.15) is 220 Å². The van der Waals surface area contributed by atoms with Gasteiger partial charge in [-0.25, -0.2) is 28.5 Å². The Morgan fingerprint density at radius 2 is 0.753 bits per heavy atom. The number of carbonyl (C=O) groups excluding carboxylic acids is 2. The van der Waals surface area contributed by atoms with Gasteiger partial charge in [0, 0.05) is 140 Å². The lowest BCUT2D eigenvalue weighted by molar-refractivity contribution is -0.277. The van der Waals surface area contributed by atoms with E-state index >= 15 is 0 Å². The third-order valence-corrected chi connectivity index (χ3v) is 26.4. The van der Waals surface area contributed by atoms with Gasteiger partial charge in [-0.05, 0) is 330 Å². The van der Waals surface area contributed by atoms with E-state index in [1.165, 1.54) is 31.0 Å². The summed E-state index contributed by atoms with van der Waals surface area (Å²) in [5, 5.41) is 35.4. The first kappa shape index (κ1) is 103. The molecule has 8 aromatic carbocycles. The molecule has 17 aromatic rings. The number of fused-ring (bicyclic) bond motifs is 6. The number of pyridine rings is 8. The molecule has 9 aromatic heterocycles. The number of nitrogens with zero attached hydrogens (tertiary/aromatic N) is 10. The fourth-order valence-electron chi connectivity index (χ4n) is 20.1. The smallest absolute Gasteiger partial charge is 0.416 e. The fraction of sp³-hybridized carbons (Fsp3) is 0.336. The van der Waals surface area contributed by atoms with E-state index in [0.29, 0.717) is 111 Å². The predicted octanol–water partition coefficient (Wildman–Crippen LogP) is 26.5. The molecule has 4 aliphatic heterocycles. The molecular weight excluding hydrogens is 1870 g/mol. The largest absolute Gasteiger partial charge is 0.493 e. The van der Waals surface area contributed by atoms with Crippen molar-refractivity contribution in [1.82, 2.24) is 49.7 Å². The van der Waals surface area contributed by atoms with Crippen molar-refractivity contribution in [3.8, 4) is 67.5 Å². The monoisotopic (exact) mass is 1980 g/mol. The van der Waals surface area contributed by atoms with Gasteiger partial charge in [0.15, 0.2) is 29.4 Å². The van der Waals surface area contributed by atoms with Crippen LogP contribution in [0.3, 0.4) is 0 Å². The minimum Gasteiger partial charge on any atom is -0.493 e. The molecule has 0 bridgehead atoms. The Kier molecular flexibility index (Phi) is 27.8. The van der Waals surface area contributed by atoms with E-state index in [2.05, 4.69) is 30.2 Å². The second kappa shape index (κ2) is 39.4. The average molecular weight is 1990 g/mol. The molecule has 0 amide bonds. The van der Waals surface area contributed by atoms with Crippen LogP contribution in [0, 0.1) is 27.7 Å². The minimum atomic E-state index is -4.79. The van der Waals surface area contributed by atoms with E-state index < -0.39 is 77.0 Å². The number of hydrogen-bond donors (Lipinski definition) is 2. The lowest BCUT2D eigenvalue weighted by Gasteiger charge is -2.32.